The molecule has 2 aromatic rings. The van der Waals surface area contributed by atoms with Crippen LogP contribution in [0.2, 0.25) is 0 Å². The van der Waals surface area contributed by atoms with Crippen molar-refractivity contribution in [3.8, 4) is 17.2 Å². The largest absolute Gasteiger partial charge is 0.504 e. The zero-order chi connectivity index (χ0) is 16.4. The van der Waals surface area contributed by atoms with E-state index in [1.54, 1.807) is 18.2 Å². The summed E-state index contributed by atoms with van der Waals surface area (Å²) in [6.07, 6.45) is 2.23. The Labute approximate surface area is 134 Å². The van der Waals surface area contributed by atoms with Gasteiger partial charge in [0, 0.05) is 5.56 Å². The van der Waals surface area contributed by atoms with Crippen LogP contribution >= 0.6 is 0 Å². The summed E-state index contributed by atoms with van der Waals surface area (Å²) in [5, 5.41) is 19.5. The highest BCUT2D eigenvalue weighted by atomic mass is 16.5. The summed E-state index contributed by atoms with van der Waals surface area (Å²) in [5.74, 6) is -0.264. The summed E-state index contributed by atoms with van der Waals surface area (Å²) >= 11 is 0. The number of phenolic OH excluding ortho intramolecular Hbond substituents is 2. The normalized spacial score (nSPS) is 20.4. The number of aromatic hydroxyl groups is 2. The SMILES string of the molecule is COc1cc(C2CCC(c3ccc(C=O)cc3)O2)cc(O)c1O. The standard InChI is InChI=1S/C18H18O5/c1-22-17-9-13(8-14(20)18(17)21)16-7-6-15(23-16)12-4-2-11(10-19)3-5-12/h2-5,8-10,15-16,20-21H,6-7H2,1H3. The van der Waals surface area contributed by atoms with E-state index >= 15 is 0 Å². The molecule has 0 aromatic heterocycles. The average Bonchev–Trinajstić information content (AvgIpc) is 3.07. The van der Waals surface area contributed by atoms with Crippen LogP contribution in [0.5, 0.6) is 17.2 Å². The third kappa shape index (κ3) is 3.00. The molecule has 0 amide bonds. The van der Waals surface area contributed by atoms with E-state index in [0.29, 0.717) is 5.56 Å². The van der Waals surface area contributed by atoms with Crippen molar-refractivity contribution in [1.29, 1.82) is 0 Å². The van der Waals surface area contributed by atoms with Crippen LogP contribution in [0.15, 0.2) is 36.4 Å². The van der Waals surface area contributed by atoms with Crippen LogP contribution < -0.4 is 4.74 Å². The van der Waals surface area contributed by atoms with E-state index in [1.807, 2.05) is 12.1 Å². The van der Waals surface area contributed by atoms with E-state index in [9.17, 15) is 15.0 Å². The molecular weight excluding hydrogens is 296 g/mol. The van der Waals surface area contributed by atoms with Crippen LogP contribution in [0.4, 0.5) is 0 Å². The van der Waals surface area contributed by atoms with E-state index in [4.69, 9.17) is 9.47 Å². The van der Waals surface area contributed by atoms with Gasteiger partial charge >= 0.3 is 0 Å². The molecule has 120 valence electrons. The molecule has 2 unspecified atom stereocenters. The molecule has 0 bridgehead atoms. The Morgan fingerprint density at radius 2 is 1.74 bits per heavy atom. The molecule has 1 saturated heterocycles. The van der Waals surface area contributed by atoms with Crippen molar-refractivity contribution in [2.75, 3.05) is 7.11 Å². The summed E-state index contributed by atoms with van der Waals surface area (Å²) in [4.78, 5) is 10.7. The number of carbonyl (C=O) groups is 1. The predicted octanol–water partition coefficient (Wildman–Crippen LogP) is 3.51. The lowest BCUT2D eigenvalue weighted by Crippen LogP contribution is -2.00. The van der Waals surface area contributed by atoms with Crippen LogP contribution in [0.3, 0.4) is 0 Å². The number of aldehydes is 1. The quantitative estimate of drug-likeness (QED) is 0.667. The van der Waals surface area contributed by atoms with Gasteiger partial charge in [0.1, 0.15) is 6.29 Å². The monoisotopic (exact) mass is 314 g/mol. The van der Waals surface area contributed by atoms with Crippen molar-refractivity contribution >= 4 is 6.29 Å². The summed E-state index contributed by atoms with van der Waals surface area (Å²) in [7, 11) is 1.44. The lowest BCUT2D eigenvalue weighted by atomic mass is 10.0. The van der Waals surface area contributed by atoms with Crippen molar-refractivity contribution in [3.63, 3.8) is 0 Å². The number of carbonyl (C=O) groups excluding carboxylic acids is 1. The molecule has 1 aliphatic rings. The van der Waals surface area contributed by atoms with E-state index in [1.165, 1.54) is 13.2 Å². The Balaban J connectivity index is 1.79. The summed E-state index contributed by atoms with van der Waals surface area (Å²) in [5.41, 5.74) is 2.42. The minimum absolute atomic E-state index is 0.0531. The maximum atomic E-state index is 10.7. The van der Waals surface area contributed by atoms with E-state index in [2.05, 4.69) is 0 Å². The first-order chi connectivity index (χ1) is 11.1. The van der Waals surface area contributed by atoms with Gasteiger partial charge in [-0.05, 0) is 36.1 Å². The highest BCUT2D eigenvalue weighted by Gasteiger charge is 2.29. The molecule has 2 atom stereocenters. The molecule has 5 nitrogen and oxygen atoms in total. The average molecular weight is 314 g/mol. The zero-order valence-corrected chi connectivity index (χ0v) is 12.7. The van der Waals surface area contributed by atoms with Crippen LogP contribution in [-0.4, -0.2) is 23.6 Å². The number of benzene rings is 2. The molecular formula is C18H18O5. The highest BCUT2D eigenvalue weighted by Crippen LogP contribution is 2.45. The summed E-state index contributed by atoms with van der Waals surface area (Å²) in [6.45, 7) is 0. The lowest BCUT2D eigenvalue weighted by Gasteiger charge is -2.16. The molecule has 0 aliphatic carbocycles. The fourth-order valence-corrected chi connectivity index (χ4v) is 2.87. The fourth-order valence-electron chi connectivity index (χ4n) is 2.87. The fraction of sp³-hybridized carbons (Fsp3) is 0.278. The van der Waals surface area contributed by atoms with Crippen LogP contribution in [0.1, 0.15) is 46.5 Å². The van der Waals surface area contributed by atoms with Crippen molar-refractivity contribution < 1.29 is 24.5 Å². The topological polar surface area (TPSA) is 76.0 Å². The third-order valence-corrected chi connectivity index (χ3v) is 4.13. The first-order valence-electron chi connectivity index (χ1n) is 7.43. The molecule has 1 fully saturated rings. The van der Waals surface area contributed by atoms with Crippen LogP contribution in [0.25, 0.3) is 0 Å². The third-order valence-electron chi connectivity index (χ3n) is 4.13. The molecule has 1 aliphatic heterocycles. The zero-order valence-electron chi connectivity index (χ0n) is 12.7. The molecule has 23 heavy (non-hydrogen) atoms. The Hall–Kier alpha value is -2.53. The lowest BCUT2D eigenvalue weighted by molar-refractivity contribution is 0.0438. The second-order valence-electron chi connectivity index (χ2n) is 5.57. The summed E-state index contributed by atoms with van der Waals surface area (Å²) in [6, 6.07) is 10.5. The number of rotatable bonds is 4. The van der Waals surface area contributed by atoms with E-state index in [0.717, 1.165) is 30.3 Å². The van der Waals surface area contributed by atoms with Gasteiger partial charge in [-0.1, -0.05) is 24.3 Å². The van der Waals surface area contributed by atoms with Gasteiger partial charge in [-0.25, -0.2) is 0 Å². The number of hydrogen-bond acceptors (Lipinski definition) is 5. The van der Waals surface area contributed by atoms with E-state index < -0.39 is 0 Å². The molecule has 0 spiro atoms. The molecule has 5 heteroatoms. The van der Waals surface area contributed by atoms with Gasteiger partial charge < -0.3 is 19.7 Å². The van der Waals surface area contributed by atoms with Gasteiger partial charge in [0.15, 0.2) is 11.5 Å². The highest BCUT2D eigenvalue weighted by molar-refractivity contribution is 5.74. The number of phenols is 2. The first-order valence-corrected chi connectivity index (χ1v) is 7.43. The predicted molar refractivity (Wildman–Crippen MR) is 84.0 cm³/mol. The molecule has 2 aromatic carbocycles. The Kier molecular flexibility index (Phi) is 4.21. The van der Waals surface area contributed by atoms with Crippen molar-refractivity contribution in [2.24, 2.45) is 0 Å². The molecule has 0 radical (unpaired) electrons. The first kappa shape index (κ1) is 15.4. The van der Waals surface area contributed by atoms with Gasteiger partial charge in [0.25, 0.3) is 0 Å². The molecule has 3 rings (SSSR count). The number of hydrogen-bond donors (Lipinski definition) is 2. The maximum Gasteiger partial charge on any atom is 0.200 e. The molecule has 0 saturated carbocycles. The Bertz CT molecular complexity index is 708. The molecule has 2 N–H and O–H groups in total. The number of ether oxygens (including phenoxy) is 2. The van der Waals surface area contributed by atoms with Gasteiger partial charge in [0.05, 0.1) is 19.3 Å². The van der Waals surface area contributed by atoms with Gasteiger partial charge in [0.2, 0.25) is 5.75 Å². The smallest absolute Gasteiger partial charge is 0.200 e. The maximum absolute atomic E-state index is 10.7. The van der Waals surface area contributed by atoms with Crippen molar-refractivity contribution in [3.05, 3.63) is 53.1 Å². The Morgan fingerprint density at radius 1 is 1.09 bits per heavy atom. The van der Waals surface area contributed by atoms with Crippen molar-refractivity contribution in [1.82, 2.24) is 0 Å². The second-order valence-corrected chi connectivity index (χ2v) is 5.57. The molecule has 1 heterocycles. The van der Waals surface area contributed by atoms with Crippen LogP contribution in [0, 0.1) is 0 Å². The minimum atomic E-state index is -0.268. The van der Waals surface area contributed by atoms with Gasteiger partial charge in [-0.2, -0.15) is 0 Å². The second kappa shape index (κ2) is 6.30. The number of methoxy groups -OCH3 is 1. The minimum Gasteiger partial charge on any atom is -0.504 e. The van der Waals surface area contributed by atoms with Crippen molar-refractivity contribution in [2.45, 2.75) is 25.0 Å². The van der Waals surface area contributed by atoms with Gasteiger partial charge in [-0.15, -0.1) is 0 Å². The van der Waals surface area contributed by atoms with E-state index in [-0.39, 0.29) is 29.5 Å². The van der Waals surface area contributed by atoms with Gasteiger partial charge in [-0.3, -0.25) is 4.79 Å². The summed E-state index contributed by atoms with van der Waals surface area (Å²) < 4.78 is 11.1. The van der Waals surface area contributed by atoms with Crippen LogP contribution in [-0.2, 0) is 4.74 Å². The Morgan fingerprint density at radius 3 is 2.35 bits per heavy atom.